The number of benzene rings is 10. The van der Waals surface area contributed by atoms with E-state index in [2.05, 4.69) is 217 Å². The summed E-state index contributed by atoms with van der Waals surface area (Å²) in [5, 5.41) is 3.28. The van der Waals surface area contributed by atoms with Crippen molar-refractivity contribution in [1.29, 1.82) is 0 Å². The number of aromatic nitrogens is 4. The summed E-state index contributed by atoms with van der Waals surface area (Å²) in [6.07, 6.45) is 0. The van der Waals surface area contributed by atoms with Crippen LogP contribution >= 0.6 is 0 Å². The fraction of sp³-hybridized carbons (Fsp3) is 0. The maximum Gasteiger partial charge on any atom is 0.316 e. The van der Waals surface area contributed by atoms with Crippen molar-refractivity contribution in [2.24, 2.45) is 0 Å². The van der Waals surface area contributed by atoms with E-state index >= 15 is 0 Å². The molecule has 68 heavy (non-hydrogen) atoms. The second-order valence-corrected chi connectivity index (χ2v) is 17.2. The Morgan fingerprint density at radius 2 is 0.765 bits per heavy atom. The van der Waals surface area contributed by atoms with Gasteiger partial charge >= 0.3 is 17.3 Å². The quantitative estimate of drug-likeness (QED) is 0.143. The van der Waals surface area contributed by atoms with Crippen LogP contribution in [0.1, 0.15) is 0 Å². The number of fused-ring (bicyclic) bond motifs is 6. The highest BCUT2D eigenvalue weighted by atomic mass is 16.5. The first kappa shape index (κ1) is 39.2. The highest BCUT2D eigenvalue weighted by molar-refractivity contribution is 6.12. The Morgan fingerprint density at radius 1 is 0.324 bits per heavy atom. The molecule has 0 fully saturated rings. The molecule has 318 valence electrons. The molecular formula is C63H41N4O+. The predicted molar refractivity (Wildman–Crippen MR) is 277 cm³/mol. The Morgan fingerprint density at radius 3 is 1.35 bits per heavy atom. The van der Waals surface area contributed by atoms with E-state index in [4.69, 9.17) is 14.5 Å². The molecule has 0 unspecified atom stereocenters. The van der Waals surface area contributed by atoms with E-state index in [0.29, 0.717) is 17.3 Å². The molecule has 5 heteroatoms. The minimum atomic E-state index is 0.621. The van der Waals surface area contributed by atoms with Gasteiger partial charge in [-0.3, -0.25) is 0 Å². The highest BCUT2D eigenvalue weighted by Gasteiger charge is 2.29. The van der Waals surface area contributed by atoms with Crippen molar-refractivity contribution in [2.45, 2.75) is 0 Å². The lowest BCUT2D eigenvalue weighted by atomic mass is 9.91. The minimum Gasteiger partial charge on any atom is -0.316 e. The molecule has 0 bridgehead atoms. The summed E-state index contributed by atoms with van der Waals surface area (Å²) in [5.41, 5.74) is 17.8. The average molecular weight is 870 g/mol. The third-order valence-corrected chi connectivity index (χ3v) is 13.1. The van der Waals surface area contributed by atoms with Gasteiger partial charge in [-0.1, -0.05) is 204 Å². The van der Waals surface area contributed by atoms with Crippen LogP contribution in [-0.2, 0) is 0 Å². The largest absolute Gasteiger partial charge is 0.316 e. The van der Waals surface area contributed by atoms with Gasteiger partial charge in [0.1, 0.15) is 5.39 Å². The number of para-hydroxylation sites is 2. The summed E-state index contributed by atoms with van der Waals surface area (Å²) in [7, 11) is 0. The Kier molecular flexibility index (Phi) is 9.43. The monoisotopic (exact) mass is 869 g/mol. The van der Waals surface area contributed by atoms with E-state index < -0.39 is 0 Å². The van der Waals surface area contributed by atoms with Gasteiger partial charge in [0.05, 0.1) is 27.8 Å². The molecule has 3 heterocycles. The van der Waals surface area contributed by atoms with E-state index in [-0.39, 0.29) is 0 Å². The maximum absolute atomic E-state index is 6.70. The second kappa shape index (κ2) is 16.4. The van der Waals surface area contributed by atoms with Crippen molar-refractivity contribution in [1.82, 2.24) is 14.5 Å². The van der Waals surface area contributed by atoms with Crippen molar-refractivity contribution >= 4 is 38.4 Å². The lowest BCUT2D eigenvalue weighted by Gasteiger charge is -2.21. The van der Waals surface area contributed by atoms with E-state index in [1.807, 2.05) is 41.0 Å². The van der Waals surface area contributed by atoms with Crippen LogP contribution in [0.25, 0.3) is 123 Å². The van der Waals surface area contributed by atoms with Crippen molar-refractivity contribution in [2.75, 3.05) is 0 Å². The molecule has 10 aromatic carbocycles. The normalized spacial score (nSPS) is 11.5. The molecule has 5 nitrogen and oxygen atoms in total. The number of rotatable bonds is 8. The van der Waals surface area contributed by atoms with Crippen LogP contribution in [0.2, 0.25) is 0 Å². The third-order valence-electron chi connectivity index (χ3n) is 13.1. The van der Waals surface area contributed by atoms with Gasteiger partial charge in [0, 0.05) is 21.9 Å². The summed E-state index contributed by atoms with van der Waals surface area (Å²) >= 11 is 0. The van der Waals surface area contributed by atoms with Gasteiger partial charge in [-0.15, -0.1) is 0 Å². The molecule has 0 aliphatic rings. The van der Waals surface area contributed by atoms with Gasteiger partial charge in [0.15, 0.2) is 5.58 Å². The van der Waals surface area contributed by atoms with Gasteiger partial charge in [-0.2, -0.15) is 0 Å². The Labute approximate surface area is 393 Å². The van der Waals surface area contributed by atoms with E-state index in [0.717, 1.165) is 72.2 Å². The van der Waals surface area contributed by atoms with Gasteiger partial charge < -0.3 is 9.09 Å². The topological polar surface area (TPSA) is 48.0 Å². The molecule has 0 spiro atoms. The van der Waals surface area contributed by atoms with Crippen LogP contribution in [0.15, 0.2) is 253 Å². The fourth-order valence-electron chi connectivity index (χ4n) is 9.81. The highest BCUT2D eigenvalue weighted by Crippen LogP contribution is 2.45. The zero-order valence-corrected chi connectivity index (χ0v) is 36.9. The zero-order chi connectivity index (χ0) is 45.0. The van der Waals surface area contributed by atoms with Crippen molar-refractivity contribution < 1.29 is 9.10 Å². The van der Waals surface area contributed by atoms with Crippen molar-refractivity contribution in [3.8, 4) is 84.1 Å². The van der Waals surface area contributed by atoms with Crippen LogP contribution in [0.3, 0.4) is 0 Å². The average Bonchev–Trinajstić information content (AvgIpc) is 3.97. The molecule has 13 aromatic rings. The maximum atomic E-state index is 6.70. The fourth-order valence-corrected chi connectivity index (χ4v) is 9.81. The molecule has 0 saturated carbocycles. The van der Waals surface area contributed by atoms with Crippen LogP contribution in [0.5, 0.6) is 0 Å². The smallest absolute Gasteiger partial charge is 0.316 e. The van der Waals surface area contributed by atoms with Crippen molar-refractivity contribution in [3.63, 3.8) is 0 Å². The van der Waals surface area contributed by atoms with Crippen LogP contribution < -0.4 is 4.57 Å². The van der Waals surface area contributed by atoms with Crippen molar-refractivity contribution in [3.05, 3.63) is 249 Å². The first-order valence-electron chi connectivity index (χ1n) is 23.0. The minimum absolute atomic E-state index is 0.621. The van der Waals surface area contributed by atoms with Crippen LogP contribution in [0.4, 0.5) is 0 Å². The molecule has 0 aliphatic carbocycles. The zero-order valence-electron chi connectivity index (χ0n) is 36.9. The summed E-state index contributed by atoms with van der Waals surface area (Å²) in [6.45, 7) is 0. The summed E-state index contributed by atoms with van der Waals surface area (Å²) in [4.78, 5) is 10.6. The lowest BCUT2D eigenvalue weighted by molar-refractivity contribution is -0.706. The standard InChI is InChI=1S/C63H41N4O/c1-5-17-42(18-6-1)45-29-33-47(34-30-45)54-40-51(62-64-61(49-23-11-4-12-24-49)65-63-53-26-14-16-28-59(53)68-67(62)63)41-55(48-35-31-46(32-36-48)43-19-7-2-8-20-43)60(54)66-57-27-15-13-25-52(57)56-39-50(37-38-58(56)66)44-21-9-3-10-22-44/h1-41H/q+1. The molecular weight excluding hydrogens is 829 g/mol. The molecule has 0 atom stereocenters. The predicted octanol–water partition coefficient (Wildman–Crippen LogP) is 15.7. The summed E-state index contributed by atoms with van der Waals surface area (Å²) in [6, 6.07) is 88.3. The second-order valence-electron chi connectivity index (χ2n) is 17.2. The van der Waals surface area contributed by atoms with Gasteiger partial charge in [-0.05, 0) is 104 Å². The van der Waals surface area contributed by atoms with E-state index in [9.17, 15) is 0 Å². The lowest BCUT2D eigenvalue weighted by Crippen LogP contribution is -2.25. The Hall–Kier alpha value is -9.19. The van der Waals surface area contributed by atoms with Gasteiger partial charge in [-0.25, -0.2) is 0 Å². The number of hydrogen-bond donors (Lipinski definition) is 0. The molecule has 3 aromatic heterocycles. The Balaban J connectivity index is 1.15. The molecule has 0 radical (unpaired) electrons. The first-order valence-corrected chi connectivity index (χ1v) is 23.0. The summed E-state index contributed by atoms with van der Waals surface area (Å²) in [5.74, 6) is 1.27. The van der Waals surface area contributed by atoms with E-state index in [1.165, 1.54) is 33.0 Å². The third kappa shape index (κ3) is 6.76. The Bertz CT molecular complexity index is 3870. The first-order chi connectivity index (χ1) is 33.7. The molecule has 0 aliphatic heterocycles. The van der Waals surface area contributed by atoms with Crippen LogP contribution in [-0.4, -0.2) is 14.5 Å². The molecule has 0 saturated heterocycles. The van der Waals surface area contributed by atoms with E-state index in [1.54, 1.807) is 0 Å². The molecule has 0 N–H and O–H groups in total. The number of hydrogen-bond acceptors (Lipinski definition) is 3. The van der Waals surface area contributed by atoms with Gasteiger partial charge in [0.2, 0.25) is 0 Å². The van der Waals surface area contributed by atoms with Gasteiger partial charge in [0.25, 0.3) is 0 Å². The van der Waals surface area contributed by atoms with Crippen LogP contribution in [0, 0.1) is 0 Å². The molecule has 13 rings (SSSR count). The SMILES string of the molecule is c1ccc(-c2ccc(-c3cc(-c4nc(-c5ccccc5)nc5c6ccccc6o[n+]45)cc(-c4ccc(-c5ccccc5)cc4)c3-n3c4ccccc4c4cc(-c5ccccc5)ccc43)cc2)cc1. The molecule has 0 amide bonds. The summed E-state index contributed by atoms with van der Waals surface area (Å²) < 4.78 is 11.0. The number of nitrogens with zero attached hydrogens (tertiary/aromatic N) is 4.